The molecule has 9 rings (SSSR count). The fourth-order valence-electron chi connectivity index (χ4n) is 6.30. The van der Waals surface area contributed by atoms with Gasteiger partial charge in [-0.3, -0.25) is 0 Å². The molecule has 0 saturated heterocycles. The molecule has 2 heteroatoms. The maximum Gasteiger partial charge on any atom is 0.136 e. The van der Waals surface area contributed by atoms with Gasteiger partial charge < -0.3 is 4.42 Å². The number of benzene rings is 7. The molecule has 176 valence electrons. The lowest BCUT2D eigenvalue weighted by molar-refractivity contribution is 0.669. The van der Waals surface area contributed by atoms with E-state index in [1.54, 1.807) is 0 Å². The summed E-state index contributed by atoms with van der Waals surface area (Å²) >= 11 is 1.87. The van der Waals surface area contributed by atoms with E-state index in [2.05, 4.69) is 115 Å². The van der Waals surface area contributed by atoms with E-state index in [1.165, 1.54) is 74.4 Å². The summed E-state index contributed by atoms with van der Waals surface area (Å²) in [6.45, 7) is 0. The van der Waals surface area contributed by atoms with Crippen molar-refractivity contribution in [3.8, 4) is 11.1 Å². The zero-order valence-corrected chi connectivity index (χ0v) is 21.2. The van der Waals surface area contributed by atoms with Crippen LogP contribution in [0.5, 0.6) is 0 Å². The monoisotopic (exact) mass is 500 g/mol. The Bertz CT molecular complexity index is 2350. The highest BCUT2D eigenvalue weighted by molar-refractivity contribution is 7.25. The summed E-state index contributed by atoms with van der Waals surface area (Å²) in [6, 6.07) is 44.2. The summed E-state index contributed by atoms with van der Waals surface area (Å²) in [7, 11) is 0. The molecule has 0 saturated carbocycles. The van der Waals surface area contributed by atoms with Gasteiger partial charge >= 0.3 is 0 Å². The van der Waals surface area contributed by atoms with Crippen LogP contribution in [0.15, 0.2) is 126 Å². The van der Waals surface area contributed by atoms with Crippen LogP contribution in [0, 0.1) is 0 Å². The molecule has 0 radical (unpaired) electrons. The highest BCUT2D eigenvalue weighted by Crippen LogP contribution is 2.43. The average molecular weight is 501 g/mol. The molecule has 2 aromatic heterocycles. The SMILES string of the molecule is c1ccc2c(-c3ccc4sc5cc6c(ccc7oc8ccccc8c76)cc5c4c3)c3ccccc3cc2c1. The number of rotatable bonds is 1. The fraction of sp³-hybridized carbons (Fsp3) is 0. The normalized spacial score (nSPS) is 12.2. The third-order valence-corrected chi connectivity index (χ3v) is 9.14. The second-order valence-corrected chi connectivity index (χ2v) is 11.2. The van der Waals surface area contributed by atoms with E-state index in [4.69, 9.17) is 4.42 Å². The Morgan fingerprint density at radius 3 is 1.92 bits per heavy atom. The van der Waals surface area contributed by atoms with Crippen molar-refractivity contribution < 1.29 is 4.42 Å². The van der Waals surface area contributed by atoms with Crippen molar-refractivity contribution in [1.82, 2.24) is 0 Å². The van der Waals surface area contributed by atoms with Crippen LogP contribution >= 0.6 is 11.3 Å². The van der Waals surface area contributed by atoms with E-state index >= 15 is 0 Å². The summed E-state index contributed by atoms with van der Waals surface area (Å²) in [5, 5.41) is 12.7. The molecule has 0 aliphatic rings. The van der Waals surface area contributed by atoms with E-state index in [9.17, 15) is 0 Å². The van der Waals surface area contributed by atoms with Crippen LogP contribution in [0.4, 0.5) is 0 Å². The number of furan rings is 1. The van der Waals surface area contributed by atoms with Gasteiger partial charge in [0.25, 0.3) is 0 Å². The number of fused-ring (bicyclic) bond motifs is 10. The zero-order valence-electron chi connectivity index (χ0n) is 20.4. The Kier molecular flexibility index (Phi) is 3.99. The average Bonchev–Trinajstić information content (AvgIpc) is 3.52. The Morgan fingerprint density at radius 1 is 0.421 bits per heavy atom. The minimum atomic E-state index is 0.943. The van der Waals surface area contributed by atoms with Gasteiger partial charge in [-0.1, -0.05) is 78.9 Å². The highest BCUT2D eigenvalue weighted by Gasteiger charge is 2.15. The standard InChI is InChI=1S/C36H20OS/c1-3-9-25-21(7-1)17-22-8-2-4-10-26(22)35(25)24-14-16-33-29(19-24)30-18-23-13-15-32-36(28(23)20-34(30)38-33)27-11-5-6-12-31(27)37-32/h1-20H. The molecule has 0 amide bonds. The lowest BCUT2D eigenvalue weighted by Crippen LogP contribution is -1.85. The maximum atomic E-state index is 6.17. The van der Waals surface area contributed by atoms with Gasteiger partial charge in [0, 0.05) is 30.9 Å². The number of thiophene rings is 1. The van der Waals surface area contributed by atoms with Gasteiger partial charge in [-0.25, -0.2) is 0 Å². The number of para-hydroxylation sites is 1. The van der Waals surface area contributed by atoms with Crippen molar-refractivity contribution in [2.45, 2.75) is 0 Å². The van der Waals surface area contributed by atoms with Crippen molar-refractivity contribution in [1.29, 1.82) is 0 Å². The second kappa shape index (κ2) is 7.44. The van der Waals surface area contributed by atoms with Crippen LogP contribution in [-0.4, -0.2) is 0 Å². The first-order valence-electron chi connectivity index (χ1n) is 12.9. The van der Waals surface area contributed by atoms with E-state index in [-0.39, 0.29) is 0 Å². The van der Waals surface area contributed by atoms with Gasteiger partial charge in [0.1, 0.15) is 11.2 Å². The smallest absolute Gasteiger partial charge is 0.136 e. The molecule has 0 aliphatic carbocycles. The van der Waals surface area contributed by atoms with Crippen molar-refractivity contribution in [3.63, 3.8) is 0 Å². The van der Waals surface area contributed by atoms with Crippen LogP contribution in [0.3, 0.4) is 0 Å². The van der Waals surface area contributed by atoms with Crippen LogP contribution in [0.25, 0.3) is 85.6 Å². The molecule has 9 aromatic rings. The van der Waals surface area contributed by atoms with Gasteiger partial charge in [-0.15, -0.1) is 11.3 Å². The van der Waals surface area contributed by atoms with Gasteiger partial charge in [0.2, 0.25) is 0 Å². The predicted octanol–water partition coefficient (Wildman–Crippen LogP) is 11.1. The molecule has 0 unspecified atom stereocenters. The van der Waals surface area contributed by atoms with Crippen LogP contribution < -0.4 is 0 Å². The van der Waals surface area contributed by atoms with Crippen molar-refractivity contribution in [3.05, 3.63) is 121 Å². The van der Waals surface area contributed by atoms with Gasteiger partial charge in [0.15, 0.2) is 0 Å². The molecule has 0 aliphatic heterocycles. The lowest BCUT2D eigenvalue weighted by Gasteiger charge is -2.12. The summed E-state index contributed by atoms with van der Waals surface area (Å²) < 4.78 is 8.80. The first kappa shape index (κ1) is 20.4. The lowest BCUT2D eigenvalue weighted by atomic mass is 9.91. The zero-order chi connectivity index (χ0) is 24.8. The Labute approximate surface area is 222 Å². The van der Waals surface area contributed by atoms with E-state index in [0.29, 0.717) is 0 Å². The molecule has 38 heavy (non-hydrogen) atoms. The topological polar surface area (TPSA) is 13.1 Å². The molecule has 2 heterocycles. The molecule has 0 spiro atoms. The van der Waals surface area contributed by atoms with Crippen molar-refractivity contribution in [2.75, 3.05) is 0 Å². The quantitative estimate of drug-likeness (QED) is 0.204. The van der Waals surface area contributed by atoms with Crippen LogP contribution in [-0.2, 0) is 0 Å². The molecule has 0 bridgehead atoms. The number of hydrogen-bond donors (Lipinski definition) is 0. The second-order valence-electron chi connectivity index (χ2n) is 10.1. The summed E-state index contributed by atoms with van der Waals surface area (Å²) in [6.07, 6.45) is 0. The highest BCUT2D eigenvalue weighted by atomic mass is 32.1. The maximum absolute atomic E-state index is 6.17. The summed E-state index contributed by atoms with van der Waals surface area (Å²) in [5.74, 6) is 0. The fourth-order valence-corrected chi connectivity index (χ4v) is 7.41. The minimum Gasteiger partial charge on any atom is -0.456 e. The molecule has 0 fully saturated rings. The van der Waals surface area contributed by atoms with E-state index in [0.717, 1.165) is 11.2 Å². The van der Waals surface area contributed by atoms with E-state index in [1.807, 2.05) is 17.4 Å². The summed E-state index contributed by atoms with van der Waals surface area (Å²) in [5.41, 5.74) is 4.47. The number of hydrogen-bond acceptors (Lipinski definition) is 2. The van der Waals surface area contributed by atoms with Crippen molar-refractivity contribution in [2.24, 2.45) is 0 Å². The van der Waals surface area contributed by atoms with E-state index < -0.39 is 0 Å². The van der Waals surface area contributed by atoms with Crippen LogP contribution in [0.2, 0.25) is 0 Å². The molecule has 7 aromatic carbocycles. The first-order valence-corrected chi connectivity index (χ1v) is 13.7. The Balaban J connectivity index is 1.36. The van der Waals surface area contributed by atoms with Gasteiger partial charge in [0.05, 0.1) is 0 Å². The van der Waals surface area contributed by atoms with Crippen molar-refractivity contribution >= 4 is 85.8 Å². The molecule has 1 nitrogen and oxygen atoms in total. The molecule has 0 N–H and O–H groups in total. The Morgan fingerprint density at radius 2 is 1.11 bits per heavy atom. The minimum absolute atomic E-state index is 0.943. The molecular weight excluding hydrogens is 480 g/mol. The first-order chi connectivity index (χ1) is 18.8. The Hall–Kier alpha value is -4.66. The van der Waals surface area contributed by atoms with Gasteiger partial charge in [-0.2, -0.15) is 0 Å². The third kappa shape index (κ3) is 2.75. The van der Waals surface area contributed by atoms with Gasteiger partial charge in [-0.05, 0) is 85.9 Å². The third-order valence-electron chi connectivity index (χ3n) is 8.01. The summed E-state index contributed by atoms with van der Waals surface area (Å²) in [4.78, 5) is 0. The largest absolute Gasteiger partial charge is 0.456 e. The molecule has 0 atom stereocenters. The van der Waals surface area contributed by atoms with Crippen LogP contribution in [0.1, 0.15) is 0 Å². The predicted molar refractivity (Wildman–Crippen MR) is 165 cm³/mol. The molecular formula is C36H20OS.